The molecule has 20 heavy (non-hydrogen) atoms. The normalized spacial score (nSPS) is 12.7. The van der Waals surface area contributed by atoms with Gasteiger partial charge in [0.1, 0.15) is 0 Å². The van der Waals surface area contributed by atoms with Crippen molar-refractivity contribution in [2.75, 3.05) is 6.54 Å². The second kappa shape index (κ2) is 6.78. The van der Waals surface area contributed by atoms with Crippen LogP contribution in [0.15, 0.2) is 28.7 Å². The van der Waals surface area contributed by atoms with Crippen LogP contribution in [0.25, 0.3) is 0 Å². The quantitative estimate of drug-likeness (QED) is 0.724. The number of halogens is 3. The van der Waals surface area contributed by atoms with Gasteiger partial charge in [0.2, 0.25) is 0 Å². The molecular formula is C15H16BrF2NS. The van der Waals surface area contributed by atoms with Crippen LogP contribution in [0.3, 0.4) is 0 Å². The number of hydrogen-bond donors (Lipinski definition) is 1. The van der Waals surface area contributed by atoms with Gasteiger partial charge in [0.15, 0.2) is 11.6 Å². The van der Waals surface area contributed by atoms with Crippen LogP contribution in [0, 0.1) is 18.6 Å². The lowest BCUT2D eigenvalue weighted by atomic mass is 10.0. The van der Waals surface area contributed by atoms with E-state index in [2.05, 4.69) is 28.2 Å². The van der Waals surface area contributed by atoms with Crippen LogP contribution in [0.4, 0.5) is 8.78 Å². The van der Waals surface area contributed by atoms with Crippen molar-refractivity contribution in [3.63, 3.8) is 0 Å². The fourth-order valence-corrected chi connectivity index (χ4v) is 3.55. The minimum Gasteiger partial charge on any atom is -0.306 e. The molecule has 1 N–H and O–H groups in total. The van der Waals surface area contributed by atoms with E-state index in [0.717, 1.165) is 23.4 Å². The summed E-state index contributed by atoms with van der Waals surface area (Å²) < 4.78 is 27.2. The lowest BCUT2D eigenvalue weighted by molar-refractivity contribution is 0.498. The van der Waals surface area contributed by atoms with Gasteiger partial charge in [0.05, 0.1) is 10.5 Å². The van der Waals surface area contributed by atoms with E-state index >= 15 is 0 Å². The molecule has 1 aromatic carbocycles. The smallest absolute Gasteiger partial charge is 0.173 e. The van der Waals surface area contributed by atoms with E-state index in [1.807, 2.05) is 19.1 Å². The number of benzene rings is 1. The molecule has 108 valence electrons. The summed E-state index contributed by atoms with van der Waals surface area (Å²) in [4.78, 5) is 2.30. The Labute approximate surface area is 130 Å². The van der Waals surface area contributed by atoms with Gasteiger partial charge in [-0.25, -0.2) is 8.78 Å². The van der Waals surface area contributed by atoms with E-state index in [0.29, 0.717) is 0 Å². The van der Waals surface area contributed by atoms with Crippen LogP contribution in [0.2, 0.25) is 0 Å². The third-order valence-corrected chi connectivity index (χ3v) is 4.89. The topological polar surface area (TPSA) is 12.0 Å². The molecule has 0 bridgehead atoms. The van der Waals surface area contributed by atoms with E-state index in [4.69, 9.17) is 0 Å². The molecule has 1 aromatic heterocycles. The Morgan fingerprint density at radius 1 is 1.25 bits per heavy atom. The Morgan fingerprint density at radius 3 is 2.60 bits per heavy atom. The minimum absolute atomic E-state index is 0.127. The Morgan fingerprint density at radius 2 is 2.00 bits per heavy atom. The standard InChI is InChI=1S/C15H16BrF2NS/c1-3-8-19-15(12-7-4-9(2)20-12)10-5-6-11(17)14(18)13(10)16/h4-7,15,19H,3,8H2,1-2H3. The van der Waals surface area contributed by atoms with E-state index in [1.54, 1.807) is 17.4 Å². The predicted octanol–water partition coefficient (Wildman–Crippen LogP) is 5.19. The van der Waals surface area contributed by atoms with Crippen molar-refractivity contribution < 1.29 is 8.78 Å². The van der Waals surface area contributed by atoms with Crippen molar-refractivity contribution in [2.45, 2.75) is 26.3 Å². The highest BCUT2D eigenvalue weighted by Gasteiger charge is 2.21. The number of thiophene rings is 1. The molecule has 0 spiro atoms. The second-order valence-electron chi connectivity index (χ2n) is 4.60. The number of nitrogens with one attached hydrogen (secondary N) is 1. The zero-order valence-corrected chi connectivity index (χ0v) is 13.7. The second-order valence-corrected chi connectivity index (χ2v) is 6.71. The molecule has 0 saturated heterocycles. The Balaban J connectivity index is 2.43. The van der Waals surface area contributed by atoms with Gasteiger partial charge < -0.3 is 5.32 Å². The Bertz CT molecular complexity index is 598. The first-order valence-corrected chi connectivity index (χ1v) is 8.08. The van der Waals surface area contributed by atoms with Crippen molar-refractivity contribution >= 4 is 27.3 Å². The number of rotatable bonds is 5. The molecule has 0 aliphatic heterocycles. The maximum atomic E-state index is 13.7. The summed E-state index contributed by atoms with van der Waals surface area (Å²) >= 11 is 4.84. The van der Waals surface area contributed by atoms with Crippen molar-refractivity contribution in [3.8, 4) is 0 Å². The average Bonchev–Trinajstić information content (AvgIpc) is 2.85. The monoisotopic (exact) mass is 359 g/mol. The van der Waals surface area contributed by atoms with Gasteiger partial charge in [0.25, 0.3) is 0 Å². The van der Waals surface area contributed by atoms with Gasteiger partial charge in [-0.3, -0.25) is 0 Å². The van der Waals surface area contributed by atoms with Gasteiger partial charge in [-0.2, -0.15) is 0 Å². The summed E-state index contributed by atoms with van der Waals surface area (Å²) in [5, 5.41) is 3.39. The first kappa shape index (κ1) is 15.6. The minimum atomic E-state index is -0.836. The summed E-state index contributed by atoms with van der Waals surface area (Å²) in [6.07, 6.45) is 0.974. The molecule has 5 heteroatoms. The molecule has 0 saturated carbocycles. The van der Waals surface area contributed by atoms with Crippen molar-refractivity contribution in [1.82, 2.24) is 5.32 Å². The molecule has 2 aromatic rings. The fourth-order valence-electron chi connectivity index (χ4n) is 2.02. The van der Waals surface area contributed by atoms with Gasteiger partial charge >= 0.3 is 0 Å². The molecule has 1 heterocycles. The first-order chi connectivity index (χ1) is 9.54. The van der Waals surface area contributed by atoms with Crippen molar-refractivity contribution in [3.05, 3.63) is 55.7 Å². The molecule has 0 fully saturated rings. The fraction of sp³-hybridized carbons (Fsp3) is 0.333. The SMILES string of the molecule is CCCNC(c1ccc(C)s1)c1ccc(F)c(F)c1Br. The molecule has 0 radical (unpaired) electrons. The summed E-state index contributed by atoms with van der Waals surface area (Å²) in [7, 11) is 0. The summed E-state index contributed by atoms with van der Waals surface area (Å²) in [6.45, 7) is 4.92. The highest BCUT2D eigenvalue weighted by Crippen LogP contribution is 2.34. The van der Waals surface area contributed by atoms with Crippen LogP contribution >= 0.6 is 27.3 Å². The molecule has 2 rings (SSSR count). The highest BCUT2D eigenvalue weighted by atomic mass is 79.9. The van der Waals surface area contributed by atoms with Crippen LogP contribution in [-0.4, -0.2) is 6.54 Å². The van der Waals surface area contributed by atoms with E-state index in [9.17, 15) is 8.78 Å². The van der Waals surface area contributed by atoms with Gasteiger partial charge in [-0.1, -0.05) is 13.0 Å². The summed E-state index contributed by atoms with van der Waals surface area (Å²) in [5.41, 5.74) is 0.721. The third-order valence-electron chi connectivity index (χ3n) is 3.02. The van der Waals surface area contributed by atoms with Crippen LogP contribution in [0.5, 0.6) is 0 Å². The highest BCUT2D eigenvalue weighted by molar-refractivity contribution is 9.10. The van der Waals surface area contributed by atoms with E-state index in [-0.39, 0.29) is 10.5 Å². The van der Waals surface area contributed by atoms with Crippen molar-refractivity contribution in [2.24, 2.45) is 0 Å². The van der Waals surface area contributed by atoms with Crippen LogP contribution in [0.1, 0.15) is 34.7 Å². The molecular weight excluding hydrogens is 344 g/mol. The summed E-state index contributed by atoms with van der Waals surface area (Å²) in [5.74, 6) is -1.67. The maximum Gasteiger partial charge on any atom is 0.173 e. The molecule has 1 unspecified atom stereocenters. The average molecular weight is 360 g/mol. The molecule has 0 aliphatic carbocycles. The Hall–Kier alpha value is -0.780. The Kier molecular flexibility index (Phi) is 5.29. The van der Waals surface area contributed by atoms with E-state index in [1.165, 1.54) is 10.9 Å². The predicted molar refractivity (Wildman–Crippen MR) is 83.3 cm³/mol. The lowest BCUT2D eigenvalue weighted by Crippen LogP contribution is -2.23. The zero-order valence-electron chi connectivity index (χ0n) is 11.3. The maximum absolute atomic E-state index is 13.7. The third kappa shape index (κ3) is 3.27. The lowest BCUT2D eigenvalue weighted by Gasteiger charge is -2.19. The molecule has 0 aliphatic rings. The van der Waals surface area contributed by atoms with Gasteiger partial charge in [0, 0.05) is 9.75 Å². The van der Waals surface area contributed by atoms with Crippen LogP contribution in [-0.2, 0) is 0 Å². The van der Waals surface area contributed by atoms with Crippen molar-refractivity contribution in [1.29, 1.82) is 0 Å². The van der Waals surface area contributed by atoms with Gasteiger partial charge in [-0.15, -0.1) is 11.3 Å². The molecule has 0 amide bonds. The van der Waals surface area contributed by atoms with Gasteiger partial charge in [-0.05, 0) is 59.6 Å². The van der Waals surface area contributed by atoms with E-state index < -0.39 is 11.6 Å². The molecule has 1 nitrogen and oxygen atoms in total. The van der Waals surface area contributed by atoms with Crippen LogP contribution < -0.4 is 5.32 Å². The first-order valence-electron chi connectivity index (χ1n) is 6.47. The zero-order chi connectivity index (χ0) is 14.7. The largest absolute Gasteiger partial charge is 0.306 e. The molecule has 1 atom stereocenters. The number of aryl methyl sites for hydroxylation is 1. The summed E-state index contributed by atoms with van der Waals surface area (Å²) in [6, 6.07) is 6.75. The number of hydrogen-bond acceptors (Lipinski definition) is 2.